The second-order valence-corrected chi connectivity index (χ2v) is 5.60. The lowest BCUT2D eigenvalue weighted by Crippen LogP contribution is -2.30. The number of nitrogens with one attached hydrogen (secondary N) is 2. The Bertz CT molecular complexity index is 461. The number of ether oxygens (including phenoxy) is 1. The maximum Gasteiger partial charge on any atom is 0.319 e. The largest absolute Gasteiger partial charge is 0.381 e. The van der Waals surface area contributed by atoms with Crippen molar-refractivity contribution in [3.05, 3.63) is 23.8 Å². The quantitative estimate of drug-likeness (QED) is 0.688. The number of carbonyl (C=O) groups is 1. The normalized spacial score (nSPS) is 10.4. The summed E-state index contributed by atoms with van der Waals surface area (Å²) in [7, 11) is 4.01. The van der Waals surface area contributed by atoms with E-state index in [0.717, 1.165) is 42.8 Å². The average Bonchev–Trinajstić information content (AvgIpc) is 2.46. The van der Waals surface area contributed by atoms with Gasteiger partial charge in [-0.15, -0.1) is 0 Å². The number of unbranched alkanes of at least 4 members (excludes halogenated alkanes) is 1. The maximum atomic E-state index is 11.8. The molecule has 5 heteroatoms. The van der Waals surface area contributed by atoms with Crippen LogP contribution in [0.5, 0.6) is 0 Å². The smallest absolute Gasteiger partial charge is 0.319 e. The summed E-state index contributed by atoms with van der Waals surface area (Å²) in [6, 6.07) is 5.72. The van der Waals surface area contributed by atoms with E-state index in [1.807, 2.05) is 39.2 Å². The molecule has 0 spiro atoms. The number of carbonyl (C=O) groups excluding carboxylic acids is 1. The van der Waals surface area contributed by atoms with Crippen LogP contribution >= 0.6 is 0 Å². The second kappa shape index (κ2) is 10.1. The maximum absolute atomic E-state index is 11.8. The lowest BCUT2D eigenvalue weighted by molar-refractivity contribution is 0.129. The van der Waals surface area contributed by atoms with E-state index in [9.17, 15) is 4.79 Å². The van der Waals surface area contributed by atoms with Gasteiger partial charge in [-0.05, 0) is 43.5 Å². The summed E-state index contributed by atoms with van der Waals surface area (Å²) in [6.07, 6.45) is 3.07. The number of anilines is 2. The van der Waals surface area contributed by atoms with E-state index in [-0.39, 0.29) is 6.03 Å². The molecule has 124 valence electrons. The Morgan fingerprint density at radius 3 is 2.59 bits per heavy atom. The zero-order valence-electron chi connectivity index (χ0n) is 14.2. The molecule has 2 amide bonds. The van der Waals surface area contributed by atoms with Gasteiger partial charge in [0.25, 0.3) is 0 Å². The third kappa shape index (κ3) is 6.80. The summed E-state index contributed by atoms with van der Waals surface area (Å²) in [4.78, 5) is 13.9. The van der Waals surface area contributed by atoms with Crippen LogP contribution in [0, 0.1) is 6.92 Å². The van der Waals surface area contributed by atoms with Crippen LogP contribution < -0.4 is 15.5 Å². The topological polar surface area (TPSA) is 53.6 Å². The van der Waals surface area contributed by atoms with E-state index in [1.165, 1.54) is 0 Å². The van der Waals surface area contributed by atoms with Crippen LogP contribution in [-0.2, 0) is 4.74 Å². The first-order chi connectivity index (χ1) is 10.5. The number of benzene rings is 1. The van der Waals surface area contributed by atoms with Crippen LogP contribution in [0.1, 0.15) is 31.7 Å². The lowest BCUT2D eigenvalue weighted by atomic mass is 10.1. The van der Waals surface area contributed by atoms with Gasteiger partial charge in [-0.25, -0.2) is 4.79 Å². The van der Waals surface area contributed by atoms with Crippen LogP contribution in [0.15, 0.2) is 18.2 Å². The van der Waals surface area contributed by atoms with E-state index in [0.29, 0.717) is 13.2 Å². The molecule has 0 aromatic heterocycles. The molecule has 22 heavy (non-hydrogen) atoms. The fourth-order valence-electron chi connectivity index (χ4n) is 2.13. The highest BCUT2D eigenvalue weighted by molar-refractivity contribution is 5.89. The van der Waals surface area contributed by atoms with Gasteiger partial charge in [0.1, 0.15) is 0 Å². The highest BCUT2D eigenvalue weighted by Gasteiger charge is 2.04. The molecule has 0 saturated heterocycles. The van der Waals surface area contributed by atoms with Gasteiger partial charge in [0.15, 0.2) is 0 Å². The number of urea groups is 1. The molecule has 0 bridgehead atoms. The van der Waals surface area contributed by atoms with Gasteiger partial charge in [0.2, 0.25) is 0 Å². The highest BCUT2D eigenvalue weighted by Crippen LogP contribution is 2.21. The van der Waals surface area contributed by atoms with Crippen LogP contribution in [0.25, 0.3) is 0 Å². The molecule has 2 N–H and O–H groups in total. The first kappa shape index (κ1) is 18.3. The zero-order chi connectivity index (χ0) is 16.4. The Morgan fingerprint density at radius 1 is 1.23 bits per heavy atom. The Balaban J connectivity index is 2.26. The molecule has 0 fully saturated rings. The number of aryl methyl sites for hydroxylation is 1. The summed E-state index contributed by atoms with van der Waals surface area (Å²) in [5.41, 5.74) is 3.09. The van der Waals surface area contributed by atoms with Crippen molar-refractivity contribution in [1.82, 2.24) is 5.32 Å². The molecule has 0 atom stereocenters. The molecular weight excluding hydrogens is 278 g/mol. The van der Waals surface area contributed by atoms with Crippen molar-refractivity contribution in [2.24, 2.45) is 0 Å². The van der Waals surface area contributed by atoms with E-state index in [2.05, 4.69) is 22.5 Å². The summed E-state index contributed by atoms with van der Waals surface area (Å²) >= 11 is 0. The number of hydrogen-bond donors (Lipinski definition) is 2. The molecule has 0 aliphatic carbocycles. The molecule has 1 rings (SSSR count). The van der Waals surface area contributed by atoms with Crippen LogP contribution in [0.2, 0.25) is 0 Å². The first-order valence-electron chi connectivity index (χ1n) is 7.95. The average molecular weight is 307 g/mol. The summed E-state index contributed by atoms with van der Waals surface area (Å²) in [5, 5.41) is 5.69. The molecule has 0 aliphatic rings. The minimum atomic E-state index is -0.175. The fourth-order valence-corrected chi connectivity index (χ4v) is 2.13. The Hall–Kier alpha value is -1.75. The fraction of sp³-hybridized carbons (Fsp3) is 0.588. The molecule has 5 nitrogen and oxygen atoms in total. The van der Waals surface area contributed by atoms with Gasteiger partial charge in [-0.2, -0.15) is 0 Å². The van der Waals surface area contributed by atoms with Gasteiger partial charge in [-0.3, -0.25) is 0 Å². The van der Waals surface area contributed by atoms with Crippen molar-refractivity contribution in [3.8, 4) is 0 Å². The van der Waals surface area contributed by atoms with Gasteiger partial charge >= 0.3 is 6.03 Å². The third-order valence-corrected chi connectivity index (χ3v) is 3.33. The molecule has 1 aromatic carbocycles. The minimum absolute atomic E-state index is 0.175. The Kier molecular flexibility index (Phi) is 8.36. The second-order valence-electron chi connectivity index (χ2n) is 5.60. The van der Waals surface area contributed by atoms with Crippen molar-refractivity contribution in [2.75, 3.05) is 44.1 Å². The number of hydrogen-bond acceptors (Lipinski definition) is 3. The van der Waals surface area contributed by atoms with Crippen molar-refractivity contribution < 1.29 is 9.53 Å². The molecule has 0 unspecified atom stereocenters. The monoisotopic (exact) mass is 307 g/mol. The highest BCUT2D eigenvalue weighted by atomic mass is 16.5. The first-order valence-corrected chi connectivity index (χ1v) is 7.95. The van der Waals surface area contributed by atoms with E-state index < -0.39 is 0 Å². The van der Waals surface area contributed by atoms with Crippen molar-refractivity contribution in [1.29, 1.82) is 0 Å². The molecule has 1 aromatic rings. The molecule has 0 aliphatic heterocycles. The Labute approximate surface area is 134 Å². The third-order valence-electron chi connectivity index (χ3n) is 3.33. The lowest BCUT2D eigenvalue weighted by Gasteiger charge is -2.16. The van der Waals surface area contributed by atoms with Crippen LogP contribution in [0.4, 0.5) is 16.2 Å². The SMILES string of the molecule is CCCCOCCCNC(=O)Nc1ccc(N(C)C)c(C)c1. The van der Waals surface area contributed by atoms with Gasteiger partial charge in [0, 0.05) is 45.2 Å². The van der Waals surface area contributed by atoms with E-state index in [1.54, 1.807) is 0 Å². The zero-order valence-corrected chi connectivity index (χ0v) is 14.2. The molecule has 0 radical (unpaired) electrons. The molecule has 0 saturated carbocycles. The van der Waals surface area contributed by atoms with Crippen LogP contribution in [-0.4, -0.2) is 39.9 Å². The van der Waals surface area contributed by atoms with Gasteiger partial charge in [0.05, 0.1) is 0 Å². The minimum Gasteiger partial charge on any atom is -0.381 e. The van der Waals surface area contributed by atoms with Gasteiger partial charge < -0.3 is 20.3 Å². The van der Waals surface area contributed by atoms with Crippen LogP contribution in [0.3, 0.4) is 0 Å². The number of amides is 2. The standard InChI is InChI=1S/C17H29N3O2/c1-5-6-11-22-12-7-10-18-17(21)19-15-8-9-16(20(3)4)14(2)13-15/h8-9,13H,5-7,10-12H2,1-4H3,(H2,18,19,21). The van der Waals surface area contributed by atoms with Gasteiger partial charge in [-0.1, -0.05) is 13.3 Å². The van der Waals surface area contributed by atoms with Crippen molar-refractivity contribution in [2.45, 2.75) is 33.1 Å². The number of nitrogens with zero attached hydrogens (tertiary/aromatic N) is 1. The number of rotatable bonds is 9. The summed E-state index contributed by atoms with van der Waals surface area (Å²) < 4.78 is 5.45. The summed E-state index contributed by atoms with van der Waals surface area (Å²) in [5.74, 6) is 0. The van der Waals surface area contributed by atoms with E-state index in [4.69, 9.17) is 4.74 Å². The van der Waals surface area contributed by atoms with Crippen molar-refractivity contribution >= 4 is 17.4 Å². The van der Waals surface area contributed by atoms with E-state index >= 15 is 0 Å². The van der Waals surface area contributed by atoms with Crippen molar-refractivity contribution in [3.63, 3.8) is 0 Å². The summed E-state index contributed by atoms with van der Waals surface area (Å²) in [6.45, 7) is 6.29. The predicted octanol–water partition coefficient (Wildman–Crippen LogP) is 3.39. The Morgan fingerprint density at radius 2 is 1.95 bits per heavy atom. The molecular formula is C17H29N3O2. The molecule has 0 heterocycles. The predicted molar refractivity (Wildman–Crippen MR) is 92.9 cm³/mol.